The highest BCUT2D eigenvalue weighted by Crippen LogP contribution is 2.21. The second-order valence-electron chi connectivity index (χ2n) is 2.39. The van der Waals surface area contributed by atoms with Crippen molar-refractivity contribution in [3.63, 3.8) is 0 Å². The quantitative estimate of drug-likeness (QED) is 0.633. The molecule has 0 heterocycles. The zero-order valence-corrected chi connectivity index (χ0v) is 8.27. The van der Waals surface area contributed by atoms with Crippen LogP contribution in [0, 0.1) is 11.2 Å². The Kier molecular flexibility index (Phi) is 3.25. The van der Waals surface area contributed by atoms with Gasteiger partial charge in [-0.05, 0) is 18.2 Å². The van der Waals surface area contributed by atoms with E-state index >= 15 is 0 Å². The fraction of sp³-hybridized carbons (Fsp3) is 0.125. The summed E-state index contributed by atoms with van der Waals surface area (Å²) in [5.74, 6) is -0.520. The van der Waals surface area contributed by atoms with Crippen molar-refractivity contribution in [2.45, 2.75) is 0 Å². The van der Waals surface area contributed by atoms with Crippen LogP contribution in [0.15, 0.2) is 22.7 Å². The van der Waals surface area contributed by atoms with Crippen molar-refractivity contribution in [2.24, 2.45) is 5.73 Å². The van der Waals surface area contributed by atoms with Gasteiger partial charge >= 0.3 is 0 Å². The average molecular weight is 247 g/mol. The van der Waals surface area contributed by atoms with Crippen molar-refractivity contribution in [1.82, 2.24) is 0 Å². The van der Waals surface area contributed by atoms with Gasteiger partial charge in [-0.15, -0.1) is 0 Å². The van der Waals surface area contributed by atoms with Crippen LogP contribution in [0.4, 0.5) is 4.39 Å². The average Bonchev–Trinajstić information content (AvgIpc) is 2.06. The summed E-state index contributed by atoms with van der Waals surface area (Å²) in [7, 11) is 0. The van der Waals surface area contributed by atoms with Crippen molar-refractivity contribution in [3.8, 4) is 5.75 Å². The van der Waals surface area contributed by atoms with Crippen LogP contribution in [0.25, 0.3) is 0 Å². The molecular weight excluding hydrogens is 239 g/mol. The molecular formula is C8H8BrFN2O. The number of nitrogens with two attached hydrogens (primary N) is 1. The van der Waals surface area contributed by atoms with Crippen LogP contribution >= 0.6 is 15.9 Å². The lowest BCUT2D eigenvalue weighted by Crippen LogP contribution is -2.19. The minimum Gasteiger partial charge on any atom is -0.483 e. The Morgan fingerprint density at radius 1 is 1.62 bits per heavy atom. The molecule has 0 fully saturated rings. The molecule has 3 nitrogen and oxygen atoms in total. The molecule has 3 N–H and O–H groups in total. The first-order valence-corrected chi connectivity index (χ1v) is 4.29. The normalized spacial score (nSPS) is 9.69. The van der Waals surface area contributed by atoms with E-state index in [1.807, 2.05) is 0 Å². The number of ether oxygens (including phenoxy) is 1. The Balaban J connectivity index is 2.75. The molecule has 0 bridgehead atoms. The Bertz CT molecular complexity index is 330. The van der Waals surface area contributed by atoms with E-state index in [-0.39, 0.29) is 18.2 Å². The lowest BCUT2D eigenvalue weighted by molar-refractivity contribution is 0.351. The van der Waals surface area contributed by atoms with Gasteiger partial charge in [0.05, 0.1) is 0 Å². The molecule has 0 spiro atoms. The van der Waals surface area contributed by atoms with E-state index in [1.54, 1.807) is 6.07 Å². The summed E-state index contributed by atoms with van der Waals surface area (Å²) >= 11 is 3.17. The first-order chi connectivity index (χ1) is 6.09. The van der Waals surface area contributed by atoms with Crippen LogP contribution in [0.3, 0.4) is 0 Å². The van der Waals surface area contributed by atoms with Gasteiger partial charge < -0.3 is 10.5 Å². The third kappa shape index (κ3) is 3.02. The lowest BCUT2D eigenvalue weighted by atomic mass is 10.3. The highest BCUT2D eigenvalue weighted by Gasteiger charge is 2.03. The molecule has 0 amide bonds. The Morgan fingerprint density at radius 2 is 2.31 bits per heavy atom. The molecule has 0 aliphatic carbocycles. The summed E-state index contributed by atoms with van der Waals surface area (Å²) in [6, 6.07) is 4.33. The number of halogens is 2. The molecule has 0 unspecified atom stereocenters. The van der Waals surface area contributed by atoms with E-state index in [9.17, 15) is 4.39 Å². The molecule has 1 aromatic rings. The third-order valence-corrected chi connectivity index (χ3v) is 1.77. The highest BCUT2D eigenvalue weighted by atomic mass is 79.9. The molecule has 0 atom stereocenters. The maximum Gasteiger partial charge on any atom is 0.165 e. The maximum atomic E-state index is 13.0. The number of amidine groups is 1. The van der Waals surface area contributed by atoms with Crippen LogP contribution in [-0.4, -0.2) is 12.4 Å². The second kappa shape index (κ2) is 4.23. The minimum absolute atomic E-state index is 0.0876. The number of rotatable bonds is 3. The van der Waals surface area contributed by atoms with Crippen LogP contribution in [0.2, 0.25) is 0 Å². The first-order valence-electron chi connectivity index (χ1n) is 3.50. The molecule has 0 aliphatic heterocycles. The molecule has 13 heavy (non-hydrogen) atoms. The highest BCUT2D eigenvalue weighted by molar-refractivity contribution is 9.10. The molecule has 0 saturated carbocycles. The summed E-state index contributed by atoms with van der Waals surface area (Å²) < 4.78 is 18.6. The van der Waals surface area contributed by atoms with Crippen LogP contribution in [0.5, 0.6) is 5.75 Å². The Hall–Kier alpha value is -1.10. The predicted octanol–water partition coefficient (Wildman–Crippen LogP) is 1.90. The van der Waals surface area contributed by atoms with E-state index in [4.69, 9.17) is 15.9 Å². The minimum atomic E-state index is -0.468. The largest absolute Gasteiger partial charge is 0.483 e. The van der Waals surface area contributed by atoms with Gasteiger partial charge in [0.25, 0.3) is 0 Å². The first kappa shape index (κ1) is 9.98. The summed E-state index contributed by atoms with van der Waals surface area (Å²) in [5.41, 5.74) is 5.05. The number of nitrogens with one attached hydrogen (secondary N) is 1. The van der Waals surface area contributed by atoms with Crippen molar-refractivity contribution in [3.05, 3.63) is 28.5 Å². The van der Waals surface area contributed by atoms with Gasteiger partial charge in [-0.1, -0.05) is 15.9 Å². The zero-order valence-electron chi connectivity index (χ0n) is 6.68. The molecule has 0 aliphatic rings. The predicted molar refractivity (Wildman–Crippen MR) is 51.5 cm³/mol. The maximum absolute atomic E-state index is 13.0. The molecule has 5 heteroatoms. The fourth-order valence-corrected chi connectivity index (χ4v) is 1.08. The molecule has 70 valence electrons. The summed E-state index contributed by atoms with van der Waals surface area (Å²) in [5, 5.41) is 6.89. The molecule has 0 aromatic heterocycles. The van der Waals surface area contributed by atoms with Crippen molar-refractivity contribution in [1.29, 1.82) is 5.41 Å². The molecule has 0 saturated heterocycles. The van der Waals surface area contributed by atoms with E-state index in [0.717, 1.165) is 0 Å². The Labute approximate surface area is 83.3 Å². The van der Waals surface area contributed by atoms with Crippen LogP contribution in [0.1, 0.15) is 0 Å². The van der Waals surface area contributed by atoms with Crippen LogP contribution in [-0.2, 0) is 0 Å². The fourth-order valence-electron chi connectivity index (χ4n) is 0.743. The van der Waals surface area contributed by atoms with Gasteiger partial charge in [0.15, 0.2) is 11.6 Å². The SMILES string of the molecule is N=C(N)COc1cc(Br)ccc1F. The van der Waals surface area contributed by atoms with Crippen molar-refractivity contribution >= 4 is 21.8 Å². The zero-order chi connectivity index (χ0) is 9.84. The van der Waals surface area contributed by atoms with Gasteiger partial charge in [-0.3, -0.25) is 5.41 Å². The molecule has 1 aromatic carbocycles. The summed E-state index contributed by atoms with van der Waals surface area (Å²) in [4.78, 5) is 0. The van der Waals surface area contributed by atoms with Crippen molar-refractivity contribution < 1.29 is 9.13 Å². The van der Waals surface area contributed by atoms with E-state index in [1.165, 1.54) is 12.1 Å². The molecule has 1 rings (SSSR count). The second-order valence-corrected chi connectivity index (χ2v) is 3.30. The Morgan fingerprint density at radius 3 is 2.92 bits per heavy atom. The van der Waals surface area contributed by atoms with E-state index in [0.29, 0.717) is 4.47 Å². The third-order valence-electron chi connectivity index (χ3n) is 1.28. The van der Waals surface area contributed by atoms with Gasteiger partial charge in [-0.25, -0.2) is 4.39 Å². The van der Waals surface area contributed by atoms with Crippen LogP contribution < -0.4 is 10.5 Å². The molecule has 0 radical (unpaired) electrons. The lowest BCUT2D eigenvalue weighted by Gasteiger charge is -2.05. The van der Waals surface area contributed by atoms with E-state index < -0.39 is 5.82 Å². The smallest absolute Gasteiger partial charge is 0.165 e. The number of hydrogen-bond donors (Lipinski definition) is 2. The van der Waals surface area contributed by atoms with Gasteiger partial charge in [0, 0.05) is 4.47 Å². The van der Waals surface area contributed by atoms with Gasteiger partial charge in [0.1, 0.15) is 12.4 Å². The monoisotopic (exact) mass is 246 g/mol. The van der Waals surface area contributed by atoms with Crippen molar-refractivity contribution in [2.75, 3.05) is 6.61 Å². The van der Waals surface area contributed by atoms with Gasteiger partial charge in [-0.2, -0.15) is 0 Å². The number of benzene rings is 1. The number of hydrogen-bond acceptors (Lipinski definition) is 2. The summed E-state index contributed by atoms with van der Waals surface area (Å²) in [6.07, 6.45) is 0. The standard InChI is InChI=1S/C8H8BrFN2O/c9-5-1-2-6(10)7(3-5)13-4-8(11)12/h1-3H,4H2,(H3,11,12). The van der Waals surface area contributed by atoms with Gasteiger partial charge in [0.2, 0.25) is 0 Å². The topological polar surface area (TPSA) is 59.1 Å². The summed E-state index contributed by atoms with van der Waals surface area (Å²) in [6.45, 7) is -0.104. The van der Waals surface area contributed by atoms with E-state index in [2.05, 4.69) is 15.9 Å².